The van der Waals surface area contributed by atoms with E-state index in [1.54, 1.807) is 0 Å². The molecule has 0 radical (unpaired) electrons. The van der Waals surface area contributed by atoms with Crippen LogP contribution in [0.5, 0.6) is 0 Å². The second-order valence-electron chi connectivity index (χ2n) is 7.50. The molecule has 26 heavy (non-hydrogen) atoms. The first kappa shape index (κ1) is 14.7. The Balaban J connectivity index is 1.79. The fraction of sp³-hybridized carbons (Fsp3) is 0.217. The number of aliphatic hydroxyl groups excluding tert-OH is 2. The van der Waals surface area contributed by atoms with Crippen LogP contribution < -0.4 is 0 Å². The first-order valence-electron chi connectivity index (χ1n) is 9.04. The number of hydrogen-bond acceptors (Lipinski definition) is 3. The summed E-state index contributed by atoms with van der Waals surface area (Å²) in [6.07, 6.45) is -2.13. The van der Waals surface area contributed by atoms with E-state index in [4.69, 9.17) is 4.74 Å². The lowest BCUT2D eigenvalue weighted by Crippen LogP contribution is -2.29. The summed E-state index contributed by atoms with van der Waals surface area (Å²) in [7, 11) is 0. The molecule has 0 unspecified atom stereocenters. The predicted octanol–water partition coefficient (Wildman–Crippen LogP) is 4.30. The minimum Gasteiger partial charge on any atom is -0.387 e. The Morgan fingerprint density at radius 2 is 1.58 bits per heavy atom. The number of ether oxygens (including phenoxy) is 1. The normalized spacial score (nSPS) is 26.9. The van der Waals surface area contributed by atoms with Crippen LogP contribution in [-0.2, 0) is 4.74 Å². The van der Waals surface area contributed by atoms with E-state index in [1.807, 2.05) is 6.07 Å². The van der Waals surface area contributed by atoms with Crippen molar-refractivity contribution in [2.24, 2.45) is 0 Å². The molecule has 4 aromatic carbocycles. The predicted molar refractivity (Wildman–Crippen MR) is 102 cm³/mol. The monoisotopic (exact) mass is 342 g/mol. The molecule has 128 valence electrons. The van der Waals surface area contributed by atoms with Crippen LogP contribution in [0.15, 0.2) is 54.6 Å². The minimum absolute atomic E-state index is 0.112. The van der Waals surface area contributed by atoms with Crippen LogP contribution in [0, 0.1) is 6.92 Å². The van der Waals surface area contributed by atoms with E-state index >= 15 is 0 Å². The Labute approximate surface area is 150 Å². The van der Waals surface area contributed by atoms with Crippen molar-refractivity contribution in [3.63, 3.8) is 0 Å². The lowest BCUT2D eigenvalue weighted by atomic mass is 9.82. The average Bonchev–Trinajstić information content (AvgIpc) is 3.46. The molecule has 0 aromatic heterocycles. The third kappa shape index (κ3) is 1.73. The molecular weight excluding hydrogens is 324 g/mol. The lowest BCUT2D eigenvalue weighted by Gasteiger charge is -2.25. The van der Waals surface area contributed by atoms with Crippen LogP contribution in [0.3, 0.4) is 0 Å². The molecule has 1 saturated heterocycles. The number of rotatable bonds is 0. The molecule has 0 spiro atoms. The van der Waals surface area contributed by atoms with Gasteiger partial charge in [0, 0.05) is 0 Å². The summed E-state index contributed by atoms with van der Waals surface area (Å²) in [6.45, 7) is 2.16. The molecule has 1 fully saturated rings. The number of benzene rings is 4. The van der Waals surface area contributed by atoms with Gasteiger partial charge in [0.2, 0.25) is 0 Å². The van der Waals surface area contributed by atoms with Gasteiger partial charge in [0.1, 0.15) is 24.4 Å². The zero-order valence-corrected chi connectivity index (χ0v) is 14.3. The van der Waals surface area contributed by atoms with Crippen molar-refractivity contribution in [2.75, 3.05) is 0 Å². The van der Waals surface area contributed by atoms with Gasteiger partial charge in [0.05, 0.1) is 0 Å². The van der Waals surface area contributed by atoms with E-state index in [0.717, 1.165) is 16.5 Å². The topological polar surface area (TPSA) is 53.0 Å². The maximum absolute atomic E-state index is 10.5. The van der Waals surface area contributed by atoms with E-state index in [0.29, 0.717) is 0 Å². The highest BCUT2D eigenvalue weighted by Crippen LogP contribution is 2.53. The summed E-state index contributed by atoms with van der Waals surface area (Å²) in [5, 5.41) is 27.9. The maximum atomic E-state index is 10.5. The van der Waals surface area contributed by atoms with E-state index in [2.05, 4.69) is 55.5 Å². The summed E-state index contributed by atoms with van der Waals surface area (Å²) in [5.41, 5.74) is 3.08. The highest BCUT2D eigenvalue weighted by atomic mass is 16.6. The fourth-order valence-corrected chi connectivity index (χ4v) is 4.76. The second kappa shape index (κ2) is 4.83. The van der Waals surface area contributed by atoms with Gasteiger partial charge in [-0.1, -0.05) is 48.5 Å². The molecule has 4 atom stereocenters. The summed E-state index contributed by atoms with van der Waals surface area (Å²) in [5.74, 6) is 0. The van der Waals surface area contributed by atoms with Crippen LogP contribution in [0.1, 0.15) is 28.9 Å². The van der Waals surface area contributed by atoms with Gasteiger partial charge in [-0.15, -0.1) is 0 Å². The Morgan fingerprint density at radius 1 is 0.808 bits per heavy atom. The standard InChI is InChI=1S/C23H18O3/c1-11-13-7-6-12-4-2-3-5-15(12)17(13)10-18-14(11)8-9-16-19(18)22-23(26-22)21(25)20(16)24/h2-10,20-25H,1H3/t20-,21+,22-,23+/m0/s1. The summed E-state index contributed by atoms with van der Waals surface area (Å²) in [4.78, 5) is 0. The first-order chi connectivity index (χ1) is 12.6. The number of aryl methyl sites for hydroxylation is 1. The molecule has 0 bridgehead atoms. The number of hydrogen-bond donors (Lipinski definition) is 2. The Bertz CT molecular complexity index is 1230. The third-order valence-electron chi connectivity index (χ3n) is 6.18. The summed E-state index contributed by atoms with van der Waals surface area (Å²) >= 11 is 0. The quantitative estimate of drug-likeness (QED) is 0.285. The minimum atomic E-state index is -0.887. The lowest BCUT2D eigenvalue weighted by molar-refractivity contribution is 0.000105. The second-order valence-corrected chi connectivity index (χ2v) is 7.50. The Morgan fingerprint density at radius 3 is 2.46 bits per heavy atom. The van der Waals surface area contributed by atoms with Crippen LogP contribution >= 0.6 is 0 Å². The van der Waals surface area contributed by atoms with Crippen molar-refractivity contribution in [3.8, 4) is 0 Å². The molecule has 4 aromatic rings. The summed E-state index contributed by atoms with van der Waals surface area (Å²) < 4.78 is 5.72. The van der Waals surface area contributed by atoms with Gasteiger partial charge in [0.15, 0.2) is 0 Å². The van der Waals surface area contributed by atoms with Crippen molar-refractivity contribution >= 4 is 32.3 Å². The zero-order chi connectivity index (χ0) is 17.6. The van der Waals surface area contributed by atoms with Gasteiger partial charge in [-0.05, 0) is 62.0 Å². The highest BCUT2D eigenvalue weighted by Gasteiger charge is 2.54. The highest BCUT2D eigenvalue weighted by molar-refractivity contribution is 6.14. The van der Waals surface area contributed by atoms with Crippen LogP contribution in [0.25, 0.3) is 32.3 Å². The van der Waals surface area contributed by atoms with Crippen molar-refractivity contribution in [1.29, 1.82) is 0 Å². The largest absolute Gasteiger partial charge is 0.387 e. The SMILES string of the molecule is Cc1c2ccc3c(c2cc2c1ccc1ccccc12)[C@@H]1O[C@@H]1[C@H](O)[C@H]3O. The van der Waals surface area contributed by atoms with Gasteiger partial charge in [-0.3, -0.25) is 0 Å². The van der Waals surface area contributed by atoms with Gasteiger partial charge in [-0.25, -0.2) is 0 Å². The smallest absolute Gasteiger partial charge is 0.118 e. The molecule has 6 rings (SSSR count). The van der Waals surface area contributed by atoms with Crippen LogP contribution in [-0.4, -0.2) is 22.4 Å². The van der Waals surface area contributed by atoms with Crippen LogP contribution in [0.4, 0.5) is 0 Å². The van der Waals surface area contributed by atoms with Crippen LogP contribution in [0.2, 0.25) is 0 Å². The molecule has 2 N–H and O–H groups in total. The molecule has 1 aliphatic heterocycles. The van der Waals surface area contributed by atoms with Gasteiger partial charge < -0.3 is 14.9 Å². The molecular formula is C23H18O3. The van der Waals surface area contributed by atoms with E-state index in [9.17, 15) is 10.2 Å². The molecule has 0 amide bonds. The number of aliphatic hydroxyl groups is 2. The van der Waals surface area contributed by atoms with Gasteiger partial charge in [0.25, 0.3) is 0 Å². The molecule has 3 nitrogen and oxygen atoms in total. The van der Waals surface area contributed by atoms with E-state index < -0.39 is 12.2 Å². The molecule has 2 aliphatic rings. The van der Waals surface area contributed by atoms with Crippen molar-refractivity contribution in [3.05, 3.63) is 71.3 Å². The number of epoxide rings is 1. The van der Waals surface area contributed by atoms with E-state index in [-0.39, 0.29) is 12.2 Å². The first-order valence-corrected chi connectivity index (χ1v) is 9.04. The fourth-order valence-electron chi connectivity index (χ4n) is 4.76. The van der Waals surface area contributed by atoms with Gasteiger partial charge in [-0.2, -0.15) is 0 Å². The maximum Gasteiger partial charge on any atom is 0.118 e. The Kier molecular flexibility index (Phi) is 2.73. The zero-order valence-electron chi connectivity index (χ0n) is 14.3. The number of fused-ring (bicyclic) bond motifs is 8. The molecule has 0 saturated carbocycles. The molecule has 1 aliphatic carbocycles. The Hall–Kier alpha value is -2.46. The third-order valence-corrected chi connectivity index (χ3v) is 6.18. The van der Waals surface area contributed by atoms with Crippen molar-refractivity contribution < 1.29 is 14.9 Å². The summed E-state index contributed by atoms with van der Waals surface area (Å²) in [6, 6.07) is 19.0. The molecule has 3 heteroatoms. The van der Waals surface area contributed by atoms with Crippen molar-refractivity contribution in [2.45, 2.75) is 31.3 Å². The van der Waals surface area contributed by atoms with Crippen molar-refractivity contribution in [1.82, 2.24) is 0 Å². The van der Waals surface area contributed by atoms with E-state index in [1.165, 1.54) is 32.5 Å². The van der Waals surface area contributed by atoms with Gasteiger partial charge >= 0.3 is 0 Å². The average molecular weight is 342 g/mol. The molecule has 1 heterocycles.